The van der Waals surface area contributed by atoms with Crippen molar-refractivity contribution in [1.29, 1.82) is 0 Å². The number of ether oxygens (including phenoxy) is 2. The molecule has 3 amide bonds. The number of fused-ring (bicyclic) bond motifs is 1. The zero-order chi connectivity index (χ0) is 24.8. The lowest BCUT2D eigenvalue weighted by Crippen LogP contribution is -2.48. The van der Waals surface area contributed by atoms with Crippen molar-refractivity contribution in [3.8, 4) is 11.5 Å². The molecular weight excluding hydrogens is 444 g/mol. The van der Waals surface area contributed by atoms with Crippen LogP contribution in [-0.4, -0.2) is 60.2 Å². The number of benzene rings is 2. The van der Waals surface area contributed by atoms with Crippen LogP contribution in [0.3, 0.4) is 0 Å². The van der Waals surface area contributed by atoms with E-state index in [2.05, 4.69) is 16.0 Å². The molecule has 1 atom stereocenters. The third-order valence-electron chi connectivity index (χ3n) is 6.18. The predicted octanol–water partition coefficient (Wildman–Crippen LogP) is 4.38. The molecule has 8 heteroatoms. The van der Waals surface area contributed by atoms with E-state index in [0.29, 0.717) is 30.3 Å². The van der Waals surface area contributed by atoms with Crippen LogP contribution in [0.4, 0.5) is 10.5 Å². The third-order valence-corrected chi connectivity index (χ3v) is 6.18. The summed E-state index contributed by atoms with van der Waals surface area (Å²) >= 11 is 0. The SMILES string of the molecule is CCCN(CC(=O)N1CCn2cccc2C1c1ccccc1)C(=O)Nc1cc(OC)cc(OC)c1. The van der Waals surface area contributed by atoms with Gasteiger partial charge in [0.2, 0.25) is 5.91 Å². The number of carbonyl (C=O) groups is 2. The van der Waals surface area contributed by atoms with E-state index in [1.807, 2.05) is 54.4 Å². The summed E-state index contributed by atoms with van der Waals surface area (Å²) in [7, 11) is 3.11. The molecule has 0 saturated heterocycles. The van der Waals surface area contributed by atoms with Crippen molar-refractivity contribution in [3.63, 3.8) is 0 Å². The number of hydrogen-bond donors (Lipinski definition) is 1. The van der Waals surface area contributed by atoms with Gasteiger partial charge in [0, 0.05) is 55.4 Å². The smallest absolute Gasteiger partial charge is 0.322 e. The summed E-state index contributed by atoms with van der Waals surface area (Å²) in [4.78, 5) is 30.2. The van der Waals surface area contributed by atoms with Crippen LogP contribution < -0.4 is 14.8 Å². The number of carbonyl (C=O) groups excluding carboxylic acids is 2. The molecule has 0 aliphatic carbocycles. The Labute approximate surface area is 206 Å². The molecule has 0 saturated carbocycles. The quantitative estimate of drug-likeness (QED) is 0.524. The molecule has 35 heavy (non-hydrogen) atoms. The highest BCUT2D eigenvalue weighted by Crippen LogP contribution is 2.32. The minimum absolute atomic E-state index is 0.00911. The summed E-state index contributed by atoms with van der Waals surface area (Å²) in [6.45, 7) is 3.74. The van der Waals surface area contributed by atoms with E-state index in [9.17, 15) is 9.59 Å². The number of aromatic nitrogens is 1. The highest BCUT2D eigenvalue weighted by atomic mass is 16.5. The summed E-state index contributed by atoms with van der Waals surface area (Å²) in [5.41, 5.74) is 2.67. The number of urea groups is 1. The normalized spacial score (nSPS) is 14.7. The second-order valence-corrected chi connectivity index (χ2v) is 8.48. The van der Waals surface area contributed by atoms with Gasteiger partial charge in [0.25, 0.3) is 0 Å². The standard InChI is InChI=1S/C27H32N4O4/c1-4-12-30(27(33)28-21-16-22(34-2)18-23(17-21)35-3)19-25(32)31-15-14-29-13-8-11-24(29)26(31)20-9-6-5-7-10-20/h5-11,13,16-18,26H,4,12,14-15,19H2,1-3H3,(H,28,33). The summed E-state index contributed by atoms with van der Waals surface area (Å²) in [5.74, 6) is 1.05. The lowest BCUT2D eigenvalue weighted by atomic mass is 10.00. The predicted molar refractivity (Wildman–Crippen MR) is 135 cm³/mol. The number of nitrogens with zero attached hydrogens (tertiary/aromatic N) is 3. The van der Waals surface area contributed by atoms with Crippen molar-refractivity contribution >= 4 is 17.6 Å². The van der Waals surface area contributed by atoms with Crippen LogP contribution in [0.5, 0.6) is 11.5 Å². The number of methoxy groups -OCH3 is 2. The summed E-state index contributed by atoms with van der Waals surface area (Å²) in [6.07, 6.45) is 2.78. The van der Waals surface area contributed by atoms with Gasteiger partial charge in [0.1, 0.15) is 18.0 Å². The molecule has 3 aromatic rings. The maximum atomic E-state index is 13.6. The molecule has 184 valence electrons. The molecule has 1 aliphatic rings. The fraction of sp³-hybridized carbons (Fsp3) is 0.333. The Morgan fingerprint density at radius 2 is 1.71 bits per heavy atom. The Hall–Kier alpha value is -3.94. The van der Waals surface area contributed by atoms with E-state index < -0.39 is 0 Å². The second-order valence-electron chi connectivity index (χ2n) is 8.48. The van der Waals surface area contributed by atoms with Crippen LogP contribution in [-0.2, 0) is 11.3 Å². The number of anilines is 1. The summed E-state index contributed by atoms with van der Waals surface area (Å²) in [5, 5.41) is 2.89. The molecule has 0 radical (unpaired) electrons. The summed E-state index contributed by atoms with van der Waals surface area (Å²) in [6, 6.07) is 18.7. The Kier molecular flexibility index (Phi) is 7.60. The van der Waals surface area contributed by atoms with Gasteiger partial charge in [-0.25, -0.2) is 4.79 Å². The minimum Gasteiger partial charge on any atom is -0.497 e. The molecule has 2 heterocycles. The van der Waals surface area contributed by atoms with Gasteiger partial charge in [0.05, 0.1) is 20.3 Å². The highest BCUT2D eigenvalue weighted by Gasteiger charge is 2.33. The fourth-order valence-corrected chi connectivity index (χ4v) is 4.50. The van der Waals surface area contributed by atoms with E-state index in [0.717, 1.165) is 24.2 Å². The first-order valence-corrected chi connectivity index (χ1v) is 11.8. The molecule has 2 aromatic carbocycles. The molecule has 0 fully saturated rings. The molecule has 1 aromatic heterocycles. The lowest BCUT2D eigenvalue weighted by molar-refractivity contribution is -0.134. The van der Waals surface area contributed by atoms with Gasteiger partial charge in [-0.15, -0.1) is 0 Å². The molecule has 1 unspecified atom stereocenters. The second kappa shape index (κ2) is 11.0. The fourth-order valence-electron chi connectivity index (χ4n) is 4.50. The third kappa shape index (κ3) is 5.42. The number of nitrogens with one attached hydrogen (secondary N) is 1. The van der Waals surface area contributed by atoms with E-state index >= 15 is 0 Å². The van der Waals surface area contributed by atoms with E-state index in [1.54, 1.807) is 37.3 Å². The van der Waals surface area contributed by atoms with E-state index in [4.69, 9.17) is 9.47 Å². The highest BCUT2D eigenvalue weighted by molar-refractivity contribution is 5.93. The molecule has 1 aliphatic heterocycles. The number of hydrogen-bond acceptors (Lipinski definition) is 4. The van der Waals surface area contributed by atoms with Crippen molar-refractivity contribution in [2.24, 2.45) is 0 Å². The van der Waals surface area contributed by atoms with Crippen molar-refractivity contribution in [1.82, 2.24) is 14.4 Å². The van der Waals surface area contributed by atoms with E-state index in [-0.39, 0.29) is 24.5 Å². The van der Waals surface area contributed by atoms with Gasteiger partial charge in [-0.05, 0) is 24.1 Å². The van der Waals surface area contributed by atoms with Crippen molar-refractivity contribution in [2.45, 2.75) is 25.9 Å². The average molecular weight is 477 g/mol. The molecule has 8 nitrogen and oxygen atoms in total. The number of amides is 3. The number of rotatable bonds is 8. The van der Waals surface area contributed by atoms with Crippen molar-refractivity contribution in [3.05, 3.63) is 78.1 Å². The van der Waals surface area contributed by atoms with Gasteiger partial charge in [0.15, 0.2) is 0 Å². The molecule has 0 spiro atoms. The zero-order valence-electron chi connectivity index (χ0n) is 20.4. The summed E-state index contributed by atoms with van der Waals surface area (Å²) < 4.78 is 12.8. The minimum atomic E-state index is -0.341. The largest absolute Gasteiger partial charge is 0.497 e. The molecule has 4 rings (SSSR count). The first-order valence-electron chi connectivity index (χ1n) is 11.8. The Balaban J connectivity index is 1.54. The van der Waals surface area contributed by atoms with Crippen LogP contribution in [0.2, 0.25) is 0 Å². The maximum Gasteiger partial charge on any atom is 0.322 e. The topological polar surface area (TPSA) is 76.0 Å². The monoisotopic (exact) mass is 476 g/mol. The first kappa shape index (κ1) is 24.2. The van der Waals surface area contributed by atoms with Gasteiger partial charge in [-0.2, -0.15) is 0 Å². The van der Waals surface area contributed by atoms with Gasteiger partial charge in [-0.1, -0.05) is 37.3 Å². The van der Waals surface area contributed by atoms with Crippen LogP contribution in [0.25, 0.3) is 0 Å². The van der Waals surface area contributed by atoms with Gasteiger partial charge < -0.3 is 29.2 Å². The Bertz CT molecular complexity index is 1140. The van der Waals surface area contributed by atoms with Crippen molar-refractivity contribution < 1.29 is 19.1 Å². The Morgan fingerprint density at radius 1 is 1.00 bits per heavy atom. The average Bonchev–Trinajstić information content (AvgIpc) is 3.37. The van der Waals surface area contributed by atoms with Crippen molar-refractivity contribution in [2.75, 3.05) is 39.2 Å². The molecule has 1 N–H and O–H groups in total. The van der Waals surface area contributed by atoms with Gasteiger partial charge in [-0.3, -0.25) is 4.79 Å². The first-order chi connectivity index (χ1) is 17.0. The molecule has 0 bridgehead atoms. The maximum absolute atomic E-state index is 13.6. The van der Waals surface area contributed by atoms with Crippen LogP contribution >= 0.6 is 0 Å². The lowest BCUT2D eigenvalue weighted by Gasteiger charge is -2.38. The van der Waals surface area contributed by atoms with Gasteiger partial charge >= 0.3 is 6.03 Å². The van der Waals surface area contributed by atoms with Crippen LogP contribution in [0.1, 0.15) is 30.6 Å². The Morgan fingerprint density at radius 3 is 2.37 bits per heavy atom. The zero-order valence-corrected chi connectivity index (χ0v) is 20.4. The van der Waals surface area contributed by atoms with E-state index in [1.165, 1.54) is 0 Å². The van der Waals surface area contributed by atoms with Crippen LogP contribution in [0, 0.1) is 0 Å². The van der Waals surface area contributed by atoms with Crippen LogP contribution in [0.15, 0.2) is 66.9 Å². The molecular formula is C27H32N4O4.